The summed E-state index contributed by atoms with van der Waals surface area (Å²) in [6.45, 7) is 0. The standard InChI is InChI=1S/C25H21P/c1-4-10-19(11-5-1)24-20-16-17-21(18-20)25(24)26(22-12-6-2-7-13-22)23-14-8-3-9-15-23/h1-17,20-21H,18H2. The van der Waals surface area contributed by atoms with Crippen molar-refractivity contribution in [2.75, 3.05) is 0 Å². The molecule has 1 heteroatoms. The molecule has 3 aromatic carbocycles. The van der Waals surface area contributed by atoms with Crippen molar-refractivity contribution in [2.45, 2.75) is 6.42 Å². The monoisotopic (exact) mass is 352 g/mol. The van der Waals surface area contributed by atoms with Crippen LogP contribution in [0.1, 0.15) is 12.0 Å². The van der Waals surface area contributed by atoms with Crippen LogP contribution in [0.2, 0.25) is 0 Å². The minimum absolute atomic E-state index is 0.501. The molecule has 2 atom stereocenters. The van der Waals surface area contributed by atoms with Crippen molar-refractivity contribution >= 4 is 24.1 Å². The lowest BCUT2D eigenvalue weighted by atomic mass is 9.95. The van der Waals surface area contributed by atoms with Crippen LogP contribution in [-0.2, 0) is 0 Å². The van der Waals surface area contributed by atoms with Crippen LogP contribution in [0.5, 0.6) is 0 Å². The molecule has 126 valence electrons. The summed E-state index contributed by atoms with van der Waals surface area (Å²) in [6, 6.07) is 33.2. The Morgan fingerprint density at radius 2 is 1.08 bits per heavy atom. The lowest BCUT2D eigenvalue weighted by molar-refractivity contribution is 0.733. The van der Waals surface area contributed by atoms with Crippen LogP contribution in [0.15, 0.2) is 108 Å². The van der Waals surface area contributed by atoms with Crippen molar-refractivity contribution in [1.82, 2.24) is 0 Å². The van der Waals surface area contributed by atoms with E-state index >= 15 is 0 Å². The SMILES string of the molecule is C1=CC2CC1C(c1ccccc1)=C2P(c1ccccc1)c1ccccc1. The van der Waals surface area contributed by atoms with Gasteiger partial charge in [-0.25, -0.2) is 0 Å². The molecule has 0 saturated heterocycles. The molecule has 0 radical (unpaired) electrons. The Kier molecular flexibility index (Phi) is 4.07. The molecular weight excluding hydrogens is 331 g/mol. The molecule has 0 aliphatic heterocycles. The predicted octanol–water partition coefficient (Wildman–Crippen LogP) is 5.74. The topological polar surface area (TPSA) is 0 Å². The maximum Gasteiger partial charge on any atom is 0.00409 e. The highest BCUT2D eigenvalue weighted by Gasteiger charge is 2.39. The fourth-order valence-electron chi connectivity index (χ4n) is 4.35. The van der Waals surface area contributed by atoms with Gasteiger partial charge in [-0.1, -0.05) is 103 Å². The Morgan fingerprint density at radius 3 is 1.65 bits per heavy atom. The molecule has 5 rings (SSSR count). The van der Waals surface area contributed by atoms with Crippen molar-refractivity contribution in [3.05, 3.63) is 114 Å². The van der Waals surface area contributed by atoms with Crippen LogP contribution < -0.4 is 10.6 Å². The van der Waals surface area contributed by atoms with E-state index in [0.717, 1.165) is 0 Å². The highest BCUT2D eigenvalue weighted by atomic mass is 31.1. The van der Waals surface area contributed by atoms with E-state index in [1.807, 2.05) is 0 Å². The molecule has 0 spiro atoms. The van der Waals surface area contributed by atoms with Gasteiger partial charge < -0.3 is 0 Å². The maximum absolute atomic E-state index is 2.45. The predicted molar refractivity (Wildman–Crippen MR) is 113 cm³/mol. The van der Waals surface area contributed by atoms with Gasteiger partial charge in [-0.3, -0.25) is 0 Å². The Bertz CT molecular complexity index is 915. The number of hydrogen-bond donors (Lipinski definition) is 0. The molecule has 26 heavy (non-hydrogen) atoms. The Labute approximate surface area is 156 Å². The minimum Gasteiger partial charge on any atom is -0.0803 e. The number of benzene rings is 3. The summed E-state index contributed by atoms with van der Waals surface area (Å²) in [7, 11) is -0.501. The molecular formula is C25H21P. The molecule has 2 aliphatic carbocycles. The van der Waals surface area contributed by atoms with E-state index in [4.69, 9.17) is 0 Å². The molecule has 3 aromatic rings. The molecule has 0 saturated carbocycles. The highest BCUT2D eigenvalue weighted by molar-refractivity contribution is 7.77. The zero-order chi connectivity index (χ0) is 17.3. The normalized spacial score (nSPS) is 21.0. The third-order valence-electron chi connectivity index (χ3n) is 5.44. The van der Waals surface area contributed by atoms with Crippen molar-refractivity contribution in [3.8, 4) is 0 Å². The first-order valence-electron chi connectivity index (χ1n) is 9.30. The Balaban J connectivity index is 1.74. The number of hydrogen-bond acceptors (Lipinski definition) is 0. The third-order valence-corrected chi connectivity index (χ3v) is 8.12. The first-order chi connectivity index (χ1) is 12.9. The van der Waals surface area contributed by atoms with Gasteiger partial charge in [0.25, 0.3) is 0 Å². The summed E-state index contributed by atoms with van der Waals surface area (Å²) in [5.74, 6) is 1.16. The van der Waals surface area contributed by atoms with Gasteiger partial charge in [0.05, 0.1) is 0 Å². The van der Waals surface area contributed by atoms with E-state index in [-0.39, 0.29) is 0 Å². The maximum atomic E-state index is 2.45. The van der Waals surface area contributed by atoms with Crippen LogP contribution in [0, 0.1) is 11.8 Å². The second-order valence-electron chi connectivity index (χ2n) is 7.01. The summed E-state index contributed by atoms with van der Waals surface area (Å²) in [5, 5.41) is 4.58. The summed E-state index contributed by atoms with van der Waals surface area (Å²) < 4.78 is 0. The van der Waals surface area contributed by atoms with E-state index in [2.05, 4.69) is 103 Å². The number of rotatable bonds is 4. The summed E-state index contributed by atoms with van der Waals surface area (Å²) in [5.41, 5.74) is 2.98. The van der Waals surface area contributed by atoms with Gasteiger partial charge in [0, 0.05) is 11.8 Å². The van der Waals surface area contributed by atoms with Crippen molar-refractivity contribution < 1.29 is 0 Å². The summed E-state index contributed by atoms with van der Waals surface area (Å²) in [6.07, 6.45) is 6.13. The van der Waals surface area contributed by atoms with Gasteiger partial charge in [-0.2, -0.15) is 0 Å². The van der Waals surface area contributed by atoms with Crippen LogP contribution in [-0.4, -0.2) is 0 Å². The van der Waals surface area contributed by atoms with Gasteiger partial charge in [0.2, 0.25) is 0 Å². The van der Waals surface area contributed by atoms with Gasteiger partial charge in [-0.05, 0) is 41.4 Å². The van der Waals surface area contributed by atoms with Crippen LogP contribution >= 0.6 is 7.92 Å². The van der Waals surface area contributed by atoms with E-state index in [0.29, 0.717) is 11.8 Å². The molecule has 2 unspecified atom stereocenters. The molecule has 0 amide bonds. The van der Waals surface area contributed by atoms with Gasteiger partial charge >= 0.3 is 0 Å². The van der Waals surface area contributed by atoms with E-state index < -0.39 is 7.92 Å². The fourth-order valence-corrected chi connectivity index (χ4v) is 7.21. The van der Waals surface area contributed by atoms with Crippen LogP contribution in [0.4, 0.5) is 0 Å². The molecule has 0 aromatic heterocycles. The van der Waals surface area contributed by atoms with Crippen molar-refractivity contribution in [2.24, 2.45) is 11.8 Å². The van der Waals surface area contributed by atoms with Gasteiger partial charge in [-0.15, -0.1) is 0 Å². The molecule has 2 aliphatic rings. The largest absolute Gasteiger partial charge is 0.0803 e. The average molecular weight is 352 g/mol. The van der Waals surface area contributed by atoms with Gasteiger partial charge in [0.15, 0.2) is 0 Å². The third kappa shape index (κ3) is 2.66. The lowest BCUT2D eigenvalue weighted by Gasteiger charge is -2.27. The van der Waals surface area contributed by atoms with Gasteiger partial charge in [0.1, 0.15) is 0 Å². The van der Waals surface area contributed by atoms with Crippen molar-refractivity contribution in [1.29, 1.82) is 0 Å². The molecule has 0 heterocycles. The zero-order valence-electron chi connectivity index (χ0n) is 14.6. The second-order valence-corrected chi connectivity index (χ2v) is 9.19. The zero-order valence-corrected chi connectivity index (χ0v) is 15.5. The highest BCUT2D eigenvalue weighted by Crippen LogP contribution is 2.60. The van der Waals surface area contributed by atoms with Crippen LogP contribution in [0.25, 0.3) is 5.57 Å². The average Bonchev–Trinajstić information content (AvgIpc) is 3.33. The Morgan fingerprint density at radius 1 is 0.577 bits per heavy atom. The second kappa shape index (κ2) is 6.71. The number of allylic oxidation sites excluding steroid dienone is 4. The van der Waals surface area contributed by atoms with Crippen molar-refractivity contribution in [3.63, 3.8) is 0 Å². The van der Waals surface area contributed by atoms with E-state index in [9.17, 15) is 0 Å². The fraction of sp³-hybridized carbons (Fsp3) is 0.120. The number of fused-ring (bicyclic) bond motifs is 2. The molecule has 0 nitrogen and oxygen atoms in total. The smallest absolute Gasteiger partial charge is 0.00409 e. The van der Waals surface area contributed by atoms with E-state index in [1.165, 1.54) is 22.6 Å². The van der Waals surface area contributed by atoms with Crippen LogP contribution in [0.3, 0.4) is 0 Å². The van der Waals surface area contributed by atoms with E-state index in [1.54, 1.807) is 10.9 Å². The Hall–Kier alpha value is -2.43. The molecule has 0 N–H and O–H groups in total. The quantitative estimate of drug-likeness (QED) is 0.415. The molecule has 2 bridgehead atoms. The summed E-state index contributed by atoms with van der Waals surface area (Å²) in [4.78, 5) is 0. The summed E-state index contributed by atoms with van der Waals surface area (Å²) >= 11 is 0. The first-order valence-corrected chi connectivity index (χ1v) is 10.6. The minimum atomic E-state index is -0.501. The lowest BCUT2D eigenvalue weighted by Crippen LogP contribution is -2.15. The first kappa shape index (κ1) is 15.8. The molecule has 0 fully saturated rings.